The zero-order valence-electron chi connectivity index (χ0n) is 12.2. The summed E-state index contributed by atoms with van der Waals surface area (Å²) in [6, 6.07) is 15.5. The topological polar surface area (TPSA) is 60.4 Å². The van der Waals surface area contributed by atoms with E-state index in [0.717, 1.165) is 21.6 Å². The van der Waals surface area contributed by atoms with E-state index in [0.29, 0.717) is 12.8 Å². The van der Waals surface area contributed by atoms with Gasteiger partial charge in [-0.15, -0.1) is 11.6 Å². The van der Waals surface area contributed by atoms with E-state index in [4.69, 9.17) is 16.7 Å². The maximum atomic E-state index is 12.0. The quantitative estimate of drug-likeness (QED) is 0.646. The molecule has 116 valence electrons. The van der Waals surface area contributed by atoms with Crippen LogP contribution in [0.3, 0.4) is 0 Å². The van der Waals surface area contributed by atoms with Crippen LogP contribution in [0.25, 0.3) is 11.1 Å². The summed E-state index contributed by atoms with van der Waals surface area (Å²) in [5.41, 5.74) is 2.89. The molecule has 3 nitrogen and oxygen atoms in total. The number of carbonyl (C=O) groups is 1. The Morgan fingerprint density at radius 3 is 2.55 bits per heavy atom. The summed E-state index contributed by atoms with van der Waals surface area (Å²) >= 11 is 4.61. The molecule has 5 heteroatoms. The fraction of sp³-hybridized carbons (Fsp3) is 0.235. The molecule has 0 aliphatic carbocycles. The molecule has 22 heavy (non-hydrogen) atoms. The van der Waals surface area contributed by atoms with E-state index < -0.39 is 22.5 Å². The molecule has 0 aromatic heterocycles. The van der Waals surface area contributed by atoms with Gasteiger partial charge in [-0.3, -0.25) is 4.79 Å². The van der Waals surface area contributed by atoms with Crippen molar-refractivity contribution >= 4 is 28.7 Å². The lowest BCUT2D eigenvalue weighted by Crippen LogP contribution is -2.14. The molecule has 0 aliphatic rings. The Morgan fingerprint density at radius 1 is 1.27 bits per heavy atom. The number of rotatable bonds is 6. The number of hydrogen-bond acceptors (Lipinski definition) is 2. The number of halogens is 1. The van der Waals surface area contributed by atoms with Crippen LogP contribution in [0.2, 0.25) is 0 Å². The fourth-order valence-corrected chi connectivity index (χ4v) is 3.16. The summed E-state index contributed by atoms with van der Waals surface area (Å²) in [5, 5.41) is 7.92. The Hall–Kier alpha value is -1.49. The largest absolute Gasteiger partial charge is 0.612 e. The van der Waals surface area contributed by atoms with Gasteiger partial charge in [0.25, 0.3) is 0 Å². The van der Waals surface area contributed by atoms with Crippen molar-refractivity contribution in [1.29, 1.82) is 0 Å². The van der Waals surface area contributed by atoms with Gasteiger partial charge < -0.3 is 9.66 Å². The third-order valence-corrected chi connectivity index (χ3v) is 4.76. The average molecular weight is 337 g/mol. The van der Waals surface area contributed by atoms with Gasteiger partial charge in [0.05, 0.1) is 0 Å². The minimum Gasteiger partial charge on any atom is -0.612 e. The van der Waals surface area contributed by atoms with Crippen LogP contribution in [0.15, 0.2) is 53.4 Å². The first kappa shape index (κ1) is 16.9. The van der Waals surface area contributed by atoms with Gasteiger partial charge in [0, 0.05) is 5.56 Å². The first-order valence-corrected chi connectivity index (χ1v) is 8.87. The van der Waals surface area contributed by atoms with Crippen molar-refractivity contribution in [2.75, 3.05) is 6.26 Å². The zero-order valence-corrected chi connectivity index (χ0v) is 13.7. The highest BCUT2D eigenvalue weighted by Gasteiger charge is 2.17. The molecule has 0 aliphatic heterocycles. The molecule has 0 amide bonds. The highest BCUT2D eigenvalue weighted by Crippen LogP contribution is 2.29. The Kier molecular flexibility index (Phi) is 5.89. The number of aryl methyl sites for hydroxylation is 1. The Labute approximate surface area is 138 Å². The summed E-state index contributed by atoms with van der Waals surface area (Å²) < 4.78 is 12.0. The van der Waals surface area contributed by atoms with Gasteiger partial charge in [-0.2, -0.15) is 0 Å². The SMILES string of the molecule is C[S+]([O-])c1cc(CCC(Cl)C(=O)O)ccc1-c1ccccc1. The third kappa shape index (κ3) is 4.26. The van der Waals surface area contributed by atoms with Gasteiger partial charge in [0.1, 0.15) is 11.6 Å². The lowest BCUT2D eigenvalue weighted by Gasteiger charge is -2.13. The number of carboxylic acid groups (broad SMARTS) is 1. The second kappa shape index (κ2) is 7.68. The molecule has 2 aromatic rings. The standard InChI is InChI=1S/C17H17ClO3S/c1-22(21)16-11-12(8-10-15(18)17(19)20)7-9-14(16)13-5-3-2-4-6-13/h2-7,9,11,15H,8,10H2,1H3,(H,19,20). The Bertz CT molecular complexity index is 644. The van der Waals surface area contributed by atoms with E-state index in [2.05, 4.69) is 0 Å². The smallest absolute Gasteiger partial charge is 0.321 e. The molecule has 0 radical (unpaired) electrons. The highest BCUT2D eigenvalue weighted by molar-refractivity contribution is 7.90. The van der Waals surface area contributed by atoms with E-state index in [1.54, 1.807) is 6.26 Å². The van der Waals surface area contributed by atoms with Crippen molar-refractivity contribution in [2.45, 2.75) is 23.1 Å². The minimum atomic E-state index is -1.12. The van der Waals surface area contributed by atoms with Crippen molar-refractivity contribution in [3.63, 3.8) is 0 Å². The number of alkyl halides is 1. The van der Waals surface area contributed by atoms with Crippen LogP contribution in [-0.4, -0.2) is 27.3 Å². The molecule has 0 bridgehead atoms. The summed E-state index contributed by atoms with van der Waals surface area (Å²) in [6.07, 6.45) is 2.53. The molecule has 0 fully saturated rings. The Balaban J connectivity index is 2.26. The molecular weight excluding hydrogens is 320 g/mol. The normalized spacial score (nSPS) is 13.6. The molecular formula is C17H17ClO3S. The van der Waals surface area contributed by atoms with Crippen LogP contribution < -0.4 is 0 Å². The van der Waals surface area contributed by atoms with Crippen molar-refractivity contribution in [3.05, 3.63) is 54.1 Å². The van der Waals surface area contributed by atoms with Gasteiger partial charge in [0.2, 0.25) is 0 Å². The zero-order chi connectivity index (χ0) is 16.1. The van der Waals surface area contributed by atoms with Crippen LogP contribution in [0.1, 0.15) is 12.0 Å². The molecule has 2 unspecified atom stereocenters. The van der Waals surface area contributed by atoms with Crippen LogP contribution in [-0.2, 0) is 22.4 Å². The van der Waals surface area contributed by atoms with Gasteiger partial charge in [0.15, 0.2) is 4.90 Å². The maximum Gasteiger partial charge on any atom is 0.321 e. The molecule has 2 rings (SSSR count). The summed E-state index contributed by atoms with van der Waals surface area (Å²) in [5.74, 6) is -1.01. The van der Waals surface area contributed by atoms with Crippen LogP contribution in [0.4, 0.5) is 0 Å². The summed E-state index contributed by atoms with van der Waals surface area (Å²) in [7, 11) is 0. The molecule has 2 aromatic carbocycles. The van der Waals surface area contributed by atoms with Crippen molar-refractivity contribution in [1.82, 2.24) is 0 Å². The van der Waals surface area contributed by atoms with E-state index in [-0.39, 0.29) is 0 Å². The van der Waals surface area contributed by atoms with Crippen LogP contribution in [0, 0.1) is 0 Å². The Morgan fingerprint density at radius 2 is 1.95 bits per heavy atom. The van der Waals surface area contributed by atoms with Gasteiger partial charge in [-0.1, -0.05) is 36.4 Å². The lowest BCUT2D eigenvalue weighted by atomic mass is 10.0. The van der Waals surface area contributed by atoms with Gasteiger partial charge >= 0.3 is 5.97 Å². The van der Waals surface area contributed by atoms with E-state index in [9.17, 15) is 9.35 Å². The molecule has 0 saturated heterocycles. The number of aliphatic carboxylic acids is 1. The van der Waals surface area contributed by atoms with E-state index >= 15 is 0 Å². The summed E-state index contributed by atoms with van der Waals surface area (Å²) in [6.45, 7) is 0. The second-order valence-corrected chi connectivity index (χ2v) is 6.87. The predicted molar refractivity (Wildman–Crippen MR) is 89.8 cm³/mol. The van der Waals surface area contributed by atoms with Gasteiger partial charge in [-0.25, -0.2) is 0 Å². The number of hydrogen-bond donors (Lipinski definition) is 1. The fourth-order valence-electron chi connectivity index (χ4n) is 2.23. The first-order chi connectivity index (χ1) is 10.5. The molecule has 0 saturated carbocycles. The molecule has 2 atom stereocenters. The predicted octanol–water partition coefficient (Wildman–Crippen LogP) is 3.72. The molecule has 0 spiro atoms. The monoisotopic (exact) mass is 336 g/mol. The van der Waals surface area contributed by atoms with E-state index in [1.807, 2.05) is 48.5 Å². The summed E-state index contributed by atoms with van der Waals surface area (Å²) in [4.78, 5) is 11.5. The molecule has 1 N–H and O–H groups in total. The minimum absolute atomic E-state index is 0.345. The lowest BCUT2D eigenvalue weighted by molar-refractivity contribution is -0.136. The van der Waals surface area contributed by atoms with Gasteiger partial charge in [-0.05, 0) is 47.3 Å². The second-order valence-electron chi connectivity index (χ2n) is 5.00. The highest BCUT2D eigenvalue weighted by atomic mass is 35.5. The van der Waals surface area contributed by atoms with E-state index in [1.165, 1.54) is 0 Å². The average Bonchev–Trinajstić information content (AvgIpc) is 2.53. The van der Waals surface area contributed by atoms with Crippen molar-refractivity contribution in [3.8, 4) is 11.1 Å². The van der Waals surface area contributed by atoms with Crippen LogP contribution in [0.5, 0.6) is 0 Å². The van der Waals surface area contributed by atoms with Crippen molar-refractivity contribution in [2.24, 2.45) is 0 Å². The van der Waals surface area contributed by atoms with Crippen LogP contribution >= 0.6 is 11.6 Å². The maximum absolute atomic E-state index is 12.0. The first-order valence-electron chi connectivity index (χ1n) is 6.87. The number of benzene rings is 2. The number of carboxylic acids is 1. The van der Waals surface area contributed by atoms with Crippen molar-refractivity contribution < 1.29 is 14.5 Å². The molecule has 0 heterocycles. The third-order valence-electron chi connectivity index (χ3n) is 3.39.